The van der Waals surface area contributed by atoms with Crippen molar-refractivity contribution < 1.29 is 41.4 Å². The third-order valence-electron chi connectivity index (χ3n) is 7.06. The van der Waals surface area contributed by atoms with Crippen LogP contribution in [0.15, 0.2) is 42.6 Å². The van der Waals surface area contributed by atoms with E-state index in [2.05, 4.69) is 20.7 Å². The zero-order chi connectivity index (χ0) is 31.6. The van der Waals surface area contributed by atoms with Gasteiger partial charge < -0.3 is 15.7 Å². The lowest BCUT2D eigenvalue weighted by atomic mass is 9.96. The van der Waals surface area contributed by atoms with E-state index in [1.807, 2.05) is 6.92 Å². The summed E-state index contributed by atoms with van der Waals surface area (Å²) in [5.74, 6) is -4.00. The highest BCUT2D eigenvalue weighted by atomic mass is 19.4. The fourth-order valence-electron chi connectivity index (χ4n) is 5.03. The van der Waals surface area contributed by atoms with Crippen molar-refractivity contribution >= 4 is 23.2 Å². The number of aliphatic hydroxyl groups is 1. The number of rotatable bonds is 6. The molecule has 0 bridgehead atoms. The van der Waals surface area contributed by atoms with Crippen molar-refractivity contribution in [1.29, 1.82) is 0 Å². The third-order valence-corrected chi connectivity index (χ3v) is 7.06. The molecule has 0 saturated carbocycles. The summed E-state index contributed by atoms with van der Waals surface area (Å²) in [4.78, 5) is 42.1. The molecule has 1 aliphatic rings. The molecule has 2 heterocycles. The lowest BCUT2D eigenvalue weighted by Crippen LogP contribution is -2.30. The Labute approximate surface area is 241 Å². The van der Waals surface area contributed by atoms with Crippen LogP contribution in [-0.2, 0) is 19.1 Å². The molecule has 2 aromatic heterocycles. The van der Waals surface area contributed by atoms with E-state index in [0.29, 0.717) is 30.5 Å². The summed E-state index contributed by atoms with van der Waals surface area (Å²) in [6.07, 6.45) is -2.92. The van der Waals surface area contributed by atoms with Crippen molar-refractivity contribution in [3.05, 3.63) is 99.0 Å². The number of benzene rings is 2. The van der Waals surface area contributed by atoms with E-state index in [1.165, 1.54) is 6.92 Å². The highest BCUT2D eigenvalue weighted by Gasteiger charge is 2.34. The first-order chi connectivity index (χ1) is 20.3. The molecular formula is C29H26F5N5O4. The van der Waals surface area contributed by atoms with Gasteiger partial charge in [-0.15, -0.1) is 0 Å². The van der Waals surface area contributed by atoms with Crippen LogP contribution in [0.25, 0.3) is 5.65 Å². The van der Waals surface area contributed by atoms with E-state index in [4.69, 9.17) is 5.11 Å². The Morgan fingerprint density at radius 2 is 1.77 bits per heavy atom. The Hall–Kier alpha value is -4.72. The number of Topliss-reactive ketones (excluding diaryl/α,β-unsaturated/α-hetero) is 1. The minimum atomic E-state index is -4.92. The first kappa shape index (κ1) is 31.2. The third kappa shape index (κ3) is 6.23. The van der Waals surface area contributed by atoms with Crippen LogP contribution in [-0.4, -0.2) is 44.4 Å². The van der Waals surface area contributed by atoms with Gasteiger partial charge in [-0.2, -0.15) is 18.3 Å². The Morgan fingerprint density at radius 3 is 2.44 bits per heavy atom. The average Bonchev–Trinajstić information content (AvgIpc) is 3.56. The van der Waals surface area contributed by atoms with Gasteiger partial charge in [0.05, 0.1) is 17.8 Å². The van der Waals surface area contributed by atoms with Gasteiger partial charge in [-0.1, -0.05) is 18.2 Å². The molecule has 3 N–H and O–H groups in total. The topological polar surface area (TPSA) is 126 Å². The summed E-state index contributed by atoms with van der Waals surface area (Å²) < 4.78 is 68.1. The molecule has 0 aliphatic heterocycles. The van der Waals surface area contributed by atoms with Gasteiger partial charge in [-0.25, -0.2) is 18.3 Å². The number of nitrogens with one attached hydrogen (secondary N) is 2. The van der Waals surface area contributed by atoms with E-state index in [1.54, 1.807) is 12.1 Å². The second kappa shape index (κ2) is 12.3. The molecule has 0 saturated heterocycles. The van der Waals surface area contributed by atoms with E-state index >= 15 is 0 Å². The molecular weight excluding hydrogens is 577 g/mol. The number of hydrogen-bond acceptors (Lipinski definition) is 6. The van der Waals surface area contributed by atoms with Crippen LogP contribution in [0.1, 0.15) is 78.5 Å². The summed E-state index contributed by atoms with van der Waals surface area (Å²) in [5.41, 5.74) is 0.743. The van der Waals surface area contributed by atoms with Crippen molar-refractivity contribution in [2.45, 2.75) is 45.5 Å². The average molecular weight is 604 g/mol. The van der Waals surface area contributed by atoms with Crippen molar-refractivity contribution in [2.75, 3.05) is 7.11 Å². The molecule has 9 nitrogen and oxygen atoms in total. The molecule has 1 aliphatic carbocycles. The number of aromatic nitrogens is 3. The Bertz CT molecular complexity index is 1730. The number of carbonyl (C=O) groups is 3. The van der Waals surface area contributed by atoms with Crippen LogP contribution in [0.5, 0.6) is 0 Å². The Kier molecular flexibility index (Phi) is 8.90. The van der Waals surface area contributed by atoms with Crippen molar-refractivity contribution in [3.63, 3.8) is 0 Å². The number of aliphatic hydroxyl groups excluding tert-OH is 1. The molecule has 43 heavy (non-hydrogen) atoms. The quantitative estimate of drug-likeness (QED) is 0.220. The zero-order valence-electron chi connectivity index (χ0n) is 23.1. The second-order valence-electron chi connectivity index (χ2n) is 9.68. The number of ketones is 1. The maximum atomic E-state index is 14.4. The van der Waals surface area contributed by atoms with Gasteiger partial charge in [0.2, 0.25) is 0 Å². The minimum Gasteiger partial charge on any atom is -0.400 e. The lowest BCUT2D eigenvalue weighted by Gasteiger charge is -2.16. The Balaban J connectivity index is 0.00000207. The Morgan fingerprint density at radius 1 is 1.05 bits per heavy atom. The number of hydrogen-bond donors (Lipinski definition) is 3. The maximum absolute atomic E-state index is 14.4. The molecule has 0 unspecified atom stereocenters. The van der Waals surface area contributed by atoms with Crippen LogP contribution in [0.2, 0.25) is 0 Å². The van der Waals surface area contributed by atoms with E-state index in [-0.39, 0.29) is 22.7 Å². The number of nitrogens with zero attached hydrogens (tertiary/aromatic N) is 3. The molecule has 2 aromatic carbocycles. The fourth-order valence-corrected chi connectivity index (χ4v) is 5.03. The molecule has 226 valence electrons. The first-order valence-corrected chi connectivity index (χ1v) is 12.9. The number of alkyl halides is 3. The van der Waals surface area contributed by atoms with E-state index in [9.17, 15) is 36.3 Å². The van der Waals surface area contributed by atoms with Crippen molar-refractivity contribution in [1.82, 2.24) is 25.2 Å². The summed E-state index contributed by atoms with van der Waals surface area (Å²) in [6, 6.07) is 6.46. The molecule has 0 radical (unpaired) electrons. The highest BCUT2D eigenvalue weighted by Crippen LogP contribution is 2.35. The maximum Gasteiger partial charge on any atom is 0.419 e. The molecule has 4 aromatic rings. The van der Waals surface area contributed by atoms with Gasteiger partial charge >= 0.3 is 6.18 Å². The summed E-state index contributed by atoms with van der Waals surface area (Å²) >= 11 is 0. The summed E-state index contributed by atoms with van der Waals surface area (Å²) in [5, 5.41) is 16.1. The van der Waals surface area contributed by atoms with Crippen molar-refractivity contribution in [3.8, 4) is 0 Å². The minimum absolute atomic E-state index is 0.0372. The standard InChI is InChI=1S/C28H22F5N5O3.CH4O/c1-13-16(14(2)39)4-5-18-17(13)6-8-22(18)37-27(41)24-10-23(36-25-21(30)12-35-38(24)25)26(40)34-11-15-3-7-20(29)19(9-15)28(31,32)33;1-2/h3-5,7,9-10,12,22H,6,8,11H2,1-2H3,(H,34,40)(H,37,41);2H,1H3/t22-;/m0./s1. The van der Waals surface area contributed by atoms with Crippen LogP contribution >= 0.6 is 0 Å². The molecule has 0 spiro atoms. The number of halogens is 5. The van der Waals surface area contributed by atoms with Crippen LogP contribution < -0.4 is 10.6 Å². The normalized spacial score (nSPS) is 14.1. The van der Waals surface area contributed by atoms with Crippen LogP contribution in [0.4, 0.5) is 22.0 Å². The smallest absolute Gasteiger partial charge is 0.400 e. The van der Waals surface area contributed by atoms with Crippen LogP contribution in [0.3, 0.4) is 0 Å². The SMILES string of the molecule is CC(=O)c1ccc2c(c1C)CC[C@@H]2NC(=O)c1cc(C(=O)NCc2ccc(F)c(C(F)(F)F)c2)nc2c(F)cnn12.CO. The predicted octanol–water partition coefficient (Wildman–Crippen LogP) is 4.49. The monoisotopic (exact) mass is 603 g/mol. The largest absolute Gasteiger partial charge is 0.419 e. The molecule has 2 amide bonds. The fraction of sp³-hybridized carbons (Fsp3) is 0.276. The van der Waals surface area contributed by atoms with Gasteiger partial charge in [0.25, 0.3) is 11.8 Å². The second-order valence-corrected chi connectivity index (χ2v) is 9.68. The number of fused-ring (bicyclic) bond motifs is 2. The van der Waals surface area contributed by atoms with E-state index < -0.39 is 53.4 Å². The van der Waals surface area contributed by atoms with Gasteiger partial charge in [-0.3, -0.25) is 14.4 Å². The van der Waals surface area contributed by atoms with Gasteiger partial charge in [0, 0.05) is 25.3 Å². The van der Waals surface area contributed by atoms with Crippen LogP contribution in [0, 0.1) is 18.6 Å². The first-order valence-electron chi connectivity index (χ1n) is 12.9. The van der Waals surface area contributed by atoms with Gasteiger partial charge in [0.15, 0.2) is 17.2 Å². The molecule has 1 atom stereocenters. The van der Waals surface area contributed by atoms with Gasteiger partial charge in [0.1, 0.15) is 17.2 Å². The number of amides is 2. The molecule has 0 fully saturated rings. The summed E-state index contributed by atoms with van der Waals surface area (Å²) in [7, 11) is 1.00. The van der Waals surface area contributed by atoms with E-state index in [0.717, 1.165) is 46.6 Å². The molecule has 14 heteroatoms. The summed E-state index contributed by atoms with van der Waals surface area (Å²) in [6.45, 7) is 2.91. The predicted molar refractivity (Wildman–Crippen MR) is 143 cm³/mol. The number of carbonyl (C=O) groups excluding carboxylic acids is 3. The highest BCUT2D eigenvalue weighted by molar-refractivity contribution is 5.99. The lowest BCUT2D eigenvalue weighted by molar-refractivity contribution is -0.140. The van der Waals surface area contributed by atoms with Gasteiger partial charge in [-0.05, 0) is 61.1 Å². The van der Waals surface area contributed by atoms with Crippen molar-refractivity contribution in [2.24, 2.45) is 0 Å². The molecule has 5 rings (SSSR count). The zero-order valence-corrected chi connectivity index (χ0v) is 23.1.